The number of nitrogens with one attached hydrogen (secondary N) is 2. The maximum absolute atomic E-state index is 14.7. The van der Waals surface area contributed by atoms with E-state index in [1.807, 2.05) is 13.8 Å². The lowest BCUT2D eigenvalue weighted by Crippen LogP contribution is -2.53. The van der Waals surface area contributed by atoms with Crippen molar-refractivity contribution in [2.75, 3.05) is 66.0 Å². The van der Waals surface area contributed by atoms with Crippen molar-refractivity contribution in [3.8, 4) is 0 Å². The van der Waals surface area contributed by atoms with Gasteiger partial charge in [-0.25, -0.2) is 4.39 Å². The summed E-state index contributed by atoms with van der Waals surface area (Å²) < 4.78 is 21.0. The van der Waals surface area contributed by atoms with E-state index >= 15 is 0 Å². The van der Waals surface area contributed by atoms with E-state index in [2.05, 4.69) is 16.0 Å². The van der Waals surface area contributed by atoms with Crippen molar-refractivity contribution in [3.63, 3.8) is 0 Å². The van der Waals surface area contributed by atoms with Crippen LogP contribution in [0.25, 0.3) is 0 Å². The number of halogens is 1. The van der Waals surface area contributed by atoms with Crippen LogP contribution in [0.2, 0.25) is 0 Å². The van der Waals surface area contributed by atoms with Crippen LogP contribution in [0.3, 0.4) is 0 Å². The van der Waals surface area contributed by atoms with Gasteiger partial charge in [0.15, 0.2) is 6.29 Å². The number of aldehydes is 1. The molecule has 3 saturated heterocycles. The molecule has 3 aliphatic rings. The lowest BCUT2D eigenvalue weighted by atomic mass is 9.97. The lowest BCUT2D eigenvalue weighted by Gasteiger charge is -2.38. The molecule has 12 heteroatoms. The van der Waals surface area contributed by atoms with Crippen LogP contribution >= 0.6 is 0 Å². The Morgan fingerprint density at radius 1 is 0.915 bits per heavy atom. The second-order valence-corrected chi connectivity index (χ2v) is 11.4. The Hall–Kier alpha value is -3.45. The van der Waals surface area contributed by atoms with E-state index < -0.39 is 11.7 Å². The van der Waals surface area contributed by atoms with Crippen LogP contribution in [0.1, 0.15) is 71.4 Å². The Bertz CT molecular complexity index is 1290. The van der Waals surface area contributed by atoms with E-state index in [-0.39, 0.29) is 38.1 Å². The summed E-state index contributed by atoms with van der Waals surface area (Å²) in [5, 5.41) is 11.8. The number of hydrogen-bond donors (Lipinski definition) is 3. The monoisotopic (exact) mass is 649 g/mol. The number of piperazine rings is 1. The molecule has 4 N–H and O–H groups in total. The maximum Gasteiger partial charge on any atom is 0.256 e. The highest BCUT2D eigenvalue weighted by Crippen LogP contribution is 2.20. The molecule has 0 atom stereocenters. The number of amides is 2. The molecule has 3 fully saturated rings. The minimum Gasteiger partial charge on any atom is -0.375 e. The predicted molar refractivity (Wildman–Crippen MR) is 185 cm³/mol. The molecule has 2 amide bonds. The van der Waals surface area contributed by atoms with Gasteiger partial charge in [-0.2, -0.15) is 0 Å². The third-order valence-electron chi connectivity index (χ3n) is 8.54. The van der Waals surface area contributed by atoms with Gasteiger partial charge in [-0.1, -0.05) is 44.2 Å². The van der Waals surface area contributed by atoms with E-state index in [1.165, 1.54) is 19.2 Å². The Labute approximate surface area is 281 Å². The molecule has 3 heterocycles. The van der Waals surface area contributed by atoms with Gasteiger partial charge in [0, 0.05) is 70.9 Å². The Balaban J connectivity index is 0.00000148. The summed E-state index contributed by atoms with van der Waals surface area (Å²) in [5.41, 5.74) is 6.22. The minimum absolute atomic E-state index is 0. The number of piperidine rings is 2. The van der Waals surface area contributed by atoms with Gasteiger partial charge in [0.1, 0.15) is 5.82 Å². The van der Waals surface area contributed by atoms with Crippen LogP contribution in [-0.4, -0.2) is 125 Å². The van der Waals surface area contributed by atoms with Gasteiger partial charge in [0.2, 0.25) is 5.91 Å². The van der Waals surface area contributed by atoms with Crippen molar-refractivity contribution in [3.05, 3.63) is 70.5 Å². The first kappa shape index (κ1) is 39.7. The molecule has 0 saturated carbocycles. The standard InChI is InChI=1S/C32H40FN5O4.C2H6.CH5N.B/c33-29-6-5-23(20-30(34)27-4-2-1-3-24(27)22-39)19-28(29)32(41)38-17-15-37(16-18-38)31(40)21-36-13-9-26(10-14-36)42-25-7-11-35-12-8-25;2*1-2;/h1-6,19,22,25-26,34-35H,7-18,20-21H2;1-2H3;2H2,1H3;. The molecule has 0 aromatic heterocycles. The van der Waals surface area contributed by atoms with E-state index in [1.54, 1.807) is 40.1 Å². The zero-order valence-corrected chi connectivity index (χ0v) is 28.2. The van der Waals surface area contributed by atoms with Crippen molar-refractivity contribution in [2.45, 2.75) is 58.2 Å². The minimum atomic E-state index is -0.616. The van der Waals surface area contributed by atoms with Crippen LogP contribution in [0.4, 0.5) is 4.39 Å². The highest BCUT2D eigenvalue weighted by molar-refractivity contribution is 6.05. The SMILES string of the molecule is CC.CN.N=C(Cc1ccc(F)c(C(=O)N2CCN(C(=O)CN3CCC(OC4CCNCC4)CC3)CC2)c1)c1ccccc1C=O.[B]. The molecule has 0 unspecified atom stereocenters. The van der Waals surface area contributed by atoms with E-state index in [9.17, 15) is 18.8 Å². The fourth-order valence-corrected chi connectivity index (χ4v) is 6.05. The average molecular weight is 650 g/mol. The van der Waals surface area contributed by atoms with E-state index in [0.29, 0.717) is 61.8 Å². The van der Waals surface area contributed by atoms with Crippen molar-refractivity contribution >= 4 is 32.2 Å². The highest BCUT2D eigenvalue weighted by atomic mass is 19.1. The highest BCUT2D eigenvalue weighted by Gasteiger charge is 2.29. The summed E-state index contributed by atoms with van der Waals surface area (Å²) in [5.74, 6) is -0.978. The number of hydrogen-bond acceptors (Lipinski definition) is 8. The zero-order valence-electron chi connectivity index (χ0n) is 28.2. The Morgan fingerprint density at radius 3 is 2.15 bits per heavy atom. The summed E-state index contributed by atoms with van der Waals surface area (Å²) in [6.45, 7) is 9.57. The summed E-state index contributed by atoms with van der Waals surface area (Å²) in [6.07, 6.45) is 5.49. The molecule has 0 aliphatic carbocycles. The number of likely N-dealkylation sites (tertiary alicyclic amines) is 1. The first-order valence-corrected chi connectivity index (χ1v) is 16.5. The van der Waals surface area contributed by atoms with Crippen LogP contribution < -0.4 is 11.1 Å². The van der Waals surface area contributed by atoms with Gasteiger partial charge in [-0.15, -0.1) is 0 Å². The van der Waals surface area contributed by atoms with Crippen LogP contribution in [0, 0.1) is 11.2 Å². The van der Waals surface area contributed by atoms with Crippen molar-refractivity contribution in [1.82, 2.24) is 20.0 Å². The number of carbonyl (C=O) groups excluding carboxylic acids is 3. The Kier molecular flexibility index (Phi) is 17.5. The average Bonchev–Trinajstić information content (AvgIpc) is 3.11. The van der Waals surface area contributed by atoms with Crippen LogP contribution in [-0.2, 0) is 16.0 Å². The first-order valence-electron chi connectivity index (χ1n) is 16.5. The second kappa shape index (κ2) is 20.7. The summed E-state index contributed by atoms with van der Waals surface area (Å²) in [6, 6.07) is 11.1. The number of carbonyl (C=O) groups is 3. The maximum atomic E-state index is 14.7. The fourth-order valence-electron chi connectivity index (χ4n) is 6.05. The van der Waals surface area contributed by atoms with Crippen LogP contribution in [0.5, 0.6) is 0 Å². The van der Waals surface area contributed by atoms with Gasteiger partial charge in [0.05, 0.1) is 24.3 Å². The third kappa shape index (κ3) is 11.3. The molecule has 2 aromatic rings. The quantitative estimate of drug-likeness (QED) is 0.216. The summed E-state index contributed by atoms with van der Waals surface area (Å²) >= 11 is 0. The lowest BCUT2D eigenvalue weighted by molar-refractivity contribution is -0.135. The normalized spacial score (nSPS) is 17.3. The third-order valence-corrected chi connectivity index (χ3v) is 8.54. The van der Waals surface area contributed by atoms with Gasteiger partial charge < -0.3 is 31.0 Å². The molecule has 0 spiro atoms. The zero-order chi connectivity index (χ0) is 33.5. The van der Waals surface area contributed by atoms with Gasteiger partial charge in [-0.05, 0) is 63.5 Å². The first-order chi connectivity index (χ1) is 22.4. The Morgan fingerprint density at radius 2 is 1.51 bits per heavy atom. The topological polar surface area (TPSA) is 132 Å². The van der Waals surface area contributed by atoms with E-state index in [4.69, 9.17) is 10.1 Å². The molecule has 10 nitrogen and oxygen atoms in total. The van der Waals surface area contributed by atoms with Crippen LogP contribution in [0.15, 0.2) is 42.5 Å². The second-order valence-electron chi connectivity index (χ2n) is 11.4. The van der Waals surface area contributed by atoms with Crippen molar-refractivity contribution in [1.29, 1.82) is 5.41 Å². The molecule has 47 heavy (non-hydrogen) atoms. The molecule has 255 valence electrons. The number of benzene rings is 2. The fraction of sp³-hybridized carbons (Fsp3) is 0.543. The molecular formula is C35H51BFN6O4. The van der Waals surface area contributed by atoms with E-state index in [0.717, 1.165) is 51.9 Å². The number of nitrogens with zero attached hydrogens (tertiary/aromatic N) is 3. The molecule has 3 aliphatic heterocycles. The molecule has 0 bridgehead atoms. The number of rotatable bonds is 9. The predicted octanol–water partition coefficient (Wildman–Crippen LogP) is 2.99. The van der Waals surface area contributed by atoms with Crippen molar-refractivity contribution < 1.29 is 23.5 Å². The number of nitrogens with two attached hydrogens (primary N) is 1. The molecule has 3 radical (unpaired) electrons. The summed E-state index contributed by atoms with van der Waals surface area (Å²) in [7, 11) is 1.50. The van der Waals surface area contributed by atoms with Crippen molar-refractivity contribution in [2.24, 2.45) is 5.73 Å². The molecule has 2 aromatic carbocycles. The summed E-state index contributed by atoms with van der Waals surface area (Å²) in [4.78, 5) is 43.2. The largest absolute Gasteiger partial charge is 0.375 e. The van der Waals surface area contributed by atoms with Gasteiger partial charge in [-0.3, -0.25) is 19.3 Å². The van der Waals surface area contributed by atoms with Gasteiger partial charge in [0.25, 0.3) is 5.91 Å². The molecule has 5 rings (SSSR count). The molecular weight excluding hydrogens is 598 g/mol. The smallest absolute Gasteiger partial charge is 0.256 e. The number of ether oxygens (including phenoxy) is 1. The van der Waals surface area contributed by atoms with Gasteiger partial charge >= 0.3 is 0 Å².